The molecular weight excluding hydrogens is 264 g/mol. The zero-order chi connectivity index (χ0) is 13.0. The minimum atomic E-state index is -0.695. The molecule has 4 nitrogen and oxygen atoms in total. The van der Waals surface area contributed by atoms with E-state index in [1.54, 1.807) is 0 Å². The lowest BCUT2D eigenvalue weighted by molar-refractivity contribution is -0.130. The number of halogens is 1. The molecule has 0 aromatic heterocycles. The fraction of sp³-hybridized carbons (Fsp3) is 0.929. The molecule has 1 saturated carbocycles. The van der Waals surface area contributed by atoms with Gasteiger partial charge in [-0.1, -0.05) is 13.3 Å². The van der Waals surface area contributed by atoms with Crippen molar-refractivity contribution in [2.24, 2.45) is 11.7 Å². The summed E-state index contributed by atoms with van der Waals surface area (Å²) in [5.41, 5.74) is 5.49. The van der Waals surface area contributed by atoms with Gasteiger partial charge in [-0.05, 0) is 44.4 Å². The number of rotatable bonds is 3. The van der Waals surface area contributed by atoms with Crippen LogP contribution in [0.15, 0.2) is 0 Å². The molecule has 0 radical (unpaired) electrons. The second kappa shape index (κ2) is 7.46. The third kappa shape index (κ3) is 4.33. The number of amides is 1. The Kier molecular flexibility index (Phi) is 6.57. The van der Waals surface area contributed by atoms with Crippen molar-refractivity contribution in [3.05, 3.63) is 0 Å². The van der Waals surface area contributed by atoms with Gasteiger partial charge in [0.2, 0.25) is 5.91 Å². The number of carbonyl (C=O) groups excluding carboxylic acids is 1. The van der Waals surface area contributed by atoms with E-state index in [0.29, 0.717) is 32.1 Å². The van der Waals surface area contributed by atoms with Crippen LogP contribution in [0.1, 0.15) is 51.9 Å². The van der Waals surface area contributed by atoms with Gasteiger partial charge < -0.3 is 15.8 Å². The Bertz CT molecular complexity index is 285. The molecule has 1 amide bonds. The van der Waals surface area contributed by atoms with Gasteiger partial charge in [0, 0.05) is 19.3 Å². The lowest BCUT2D eigenvalue weighted by atomic mass is 9.83. The Morgan fingerprint density at radius 3 is 2.37 bits per heavy atom. The van der Waals surface area contributed by atoms with Gasteiger partial charge in [-0.3, -0.25) is 4.79 Å². The number of nitrogens with two attached hydrogens (primary N) is 1. The second-order valence-electron chi connectivity index (χ2n) is 5.87. The first-order chi connectivity index (χ1) is 8.64. The van der Waals surface area contributed by atoms with Crippen molar-refractivity contribution >= 4 is 18.3 Å². The van der Waals surface area contributed by atoms with Crippen LogP contribution in [-0.2, 0) is 9.53 Å². The molecule has 5 heteroatoms. The van der Waals surface area contributed by atoms with Gasteiger partial charge in [0.15, 0.2) is 0 Å². The molecule has 112 valence electrons. The molecule has 0 aromatic carbocycles. The van der Waals surface area contributed by atoms with Crippen molar-refractivity contribution in [3.8, 4) is 0 Å². The van der Waals surface area contributed by atoms with Crippen LogP contribution in [0.2, 0.25) is 0 Å². The molecule has 2 aliphatic rings. The van der Waals surface area contributed by atoms with Crippen LogP contribution < -0.4 is 11.1 Å². The number of ether oxygens (including phenoxy) is 1. The predicted octanol–water partition coefficient (Wildman–Crippen LogP) is 2.00. The van der Waals surface area contributed by atoms with Crippen LogP contribution in [0, 0.1) is 5.92 Å². The minimum absolute atomic E-state index is 0. The Morgan fingerprint density at radius 1 is 1.26 bits per heavy atom. The number of nitrogens with one attached hydrogen (secondary N) is 1. The lowest BCUT2D eigenvalue weighted by Gasteiger charge is -2.35. The summed E-state index contributed by atoms with van der Waals surface area (Å²) < 4.78 is 5.27. The molecule has 3 N–H and O–H groups in total. The van der Waals surface area contributed by atoms with Crippen molar-refractivity contribution in [1.82, 2.24) is 5.32 Å². The van der Waals surface area contributed by atoms with Crippen LogP contribution >= 0.6 is 12.4 Å². The van der Waals surface area contributed by atoms with E-state index in [0.717, 1.165) is 18.8 Å². The molecule has 0 bridgehead atoms. The summed E-state index contributed by atoms with van der Waals surface area (Å²) in [6.07, 6.45) is 7.24. The van der Waals surface area contributed by atoms with Crippen LogP contribution in [0.3, 0.4) is 0 Å². The lowest BCUT2D eigenvalue weighted by Crippen LogP contribution is -2.58. The summed E-state index contributed by atoms with van der Waals surface area (Å²) in [5.74, 6) is 0.888. The predicted molar refractivity (Wildman–Crippen MR) is 78.4 cm³/mol. The van der Waals surface area contributed by atoms with Gasteiger partial charge in [-0.25, -0.2) is 0 Å². The number of hydrogen-bond acceptors (Lipinski definition) is 3. The molecule has 1 aliphatic heterocycles. The summed E-state index contributed by atoms with van der Waals surface area (Å²) in [6, 6.07) is 0.337. The van der Waals surface area contributed by atoms with Crippen molar-refractivity contribution in [3.63, 3.8) is 0 Å². The third-order valence-electron chi connectivity index (χ3n) is 4.60. The summed E-state index contributed by atoms with van der Waals surface area (Å²) in [7, 11) is 0. The van der Waals surface area contributed by atoms with Crippen molar-refractivity contribution in [2.45, 2.75) is 63.5 Å². The molecule has 0 atom stereocenters. The first kappa shape index (κ1) is 16.7. The standard InChI is InChI=1S/C14H26N2O2.ClH/c1-2-11-3-5-12(6-4-11)16-13(17)14(15)7-9-18-10-8-14;/h11-12H,2-10,15H2,1H3,(H,16,17);1H. The largest absolute Gasteiger partial charge is 0.381 e. The molecule has 1 aliphatic carbocycles. The van der Waals surface area contributed by atoms with E-state index in [1.807, 2.05) is 0 Å². The van der Waals surface area contributed by atoms with Gasteiger partial charge in [0.1, 0.15) is 0 Å². The van der Waals surface area contributed by atoms with Crippen LogP contribution in [-0.4, -0.2) is 30.7 Å². The topological polar surface area (TPSA) is 64.4 Å². The highest BCUT2D eigenvalue weighted by Crippen LogP contribution is 2.27. The highest BCUT2D eigenvalue weighted by atomic mass is 35.5. The van der Waals surface area contributed by atoms with Gasteiger partial charge >= 0.3 is 0 Å². The van der Waals surface area contributed by atoms with E-state index in [9.17, 15) is 4.79 Å². The Hall–Kier alpha value is -0.320. The average molecular weight is 291 g/mol. The number of carbonyl (C=O) groups is 1. The second-order valence-corrected chi connectivity index (χ2v) is 5.87. The summed E-state index contributed by atoms with van der Waals surface area (Å²) in [6.45, 7) is 3.46. The van der Waals surface area contributed by atoms with E-state index in [1.165, 1.54) is 19.3 Å². The average Bonchev–Trinajstić information content (AvgIpc) is 2.40. The first-order valence-corrected chi connectivity index (χ1v) is 7.31. The maximum absolute atomic E-state index is 12.2. The van der Waals surface area contributed by atoms with Crippen molar-refractivity contribution in [2.75, 3.05) is 13.2 Å². The van der Waals surface area contributed by atoms with Gasteiger partial charge in [-0.15, -0.1) is 12.4 Å². The highest BCUT2D eigenvalue weighted by molar-refractivity contribution is 5.86. The maximum atomic E-state index is 12.2. The summed E-state index contributed by atoms with van der Waals surface area (Å²) in [5, 5.41) is 3.15. The smallest absolute Gasteiger partial charge is 0.240 e. The van der Waals surface area contributed by atoms with Crippen LogP contribution in [0.5, 0.6) is 0 Å². The van der Waals surface area contributed by atoms with Crippen molar-refractivity contribution in [1.29, 1.82) is 0 Å². The molecule has 1 heterocycles. The fourth-order valence-corrected chi connectivity index (χ4v) is 3.01. The Labute approximate surface area is 122 Å². The van der Waals surface area contributed by atoms with E-state index >= 15 is 0 Å². The minimum Gasteiger partial charge on any atom is -0.381 e. The van der Waals surface area contributed by atoms with E-state index < -0.39 is 5.54 Å². The Morgan fingerprint density at radius 2 is 1.84 bits per heavy atom. The zero-order valence-electron chi connectivity index (χ0n) is 11.8. The zero-order valence-corrected chi connectivity index (χ0v) is 12.6. The van der Waals surface area contributed by atoms with Crippen LogP contribution in [0.4, 0.5) is 0 Å². The van der Waals surface area contributed by atoms with Gasteiger partial charge in [0.25, 0.3) is 0 Å². The van der Waals surface area contributed by atoms with Crippen molar-refractivity contribution < 1.29 is 9.53 Å². The fourth-order valence-electron chi connectivity index (χ4n) is 3.01. The van der Waals surface area contributed by atoms with Crippen LogP contribution in [0.25, 0.3) is 0 Å². The van der Waals surface area contributed by atoms with Gasteiger partial charge in [0.05, 0.1) is 5.54 Å². The molecule has 0 aromatic rings. The molecule has 2 fully saturated rings. The maximum Gasteiger partial charge on any atom is 0.240 e. The van der Waals surface area contributed by atoms with E-state index in [-0.39, 0.29) is 18.3 Å². The number of hydrogen-bond donors (Lipinski definition) is 2. The molecule has 0 spiro atoms. The molecule has 19 heavy (non-hydrogen) atoms. The summed E-state index contributed by atoms with van der Waals surface area (Å²) in [4.78, 5) is 12.2. The third-order valence-corrected chi connectivity index (χ3v) is 4.60. The molecule has 2 rings (SSSR count). The SMILES string of the molecule is CCC1CCC(NC(=O)C2(N)CCOCC2)CC1.Cl. The molecule has 0 unspecified atom stereocenters. The monoisotopic (exact) mass is 290 g/mol. The first-order valence-electron chi connectivity index (χ1n) is 7.31. The van der Waals surface area contributed by atoms with Gasteiger partial charge in [-0.2, -0.15) is 0 Å². The summed E-state index contributed by atoms with van der Waals surface area (Å²) >= 11 is 0. The quantitative estimate of drug-likeness (QED) is 0.835. The molecular formula is C14H27ClN2O2. The highest BCUT2D eigenvalue weighted by Gasteiger charge is 2.37. The molecule has 1 saturated heterocycles. The normalized spacial score (nSPS) is 30.2. The Balaban J connectivity index is 0.00000180. The van der Waals surface area contributed by atoms with E-state index in [2.05, 4.69) is 12.2 Å². The van der Waals surface area contributed by atoms with E-state index in [4.69, 9.17) is 10.5 Å².